The summed E-state index contributed by atoms with van der Waals surface area (Å²) in [6, 6.07) is 4.37. The van der Waals surface area contributed by atoms with Gasteiger partial charge in [0, 0.05) is 12.5 Å². The van der Waals surface area contributed by atoms with E-state index in [-0.39, 0.29) is 27.9 Å². The fourth-order valence-corrected chi connectivity index (χ4v) is 3.36. The Morgan fingerprint density at radius 3 is 2.84 bits per heavy atom. The van der Waals surface area contributed by atoms with Crippen molar-refractivity contribution >= 4 is 17.4 Å². The Morgan fingerprint density at radius 1 is 1.42 bits per heavy atom. The van der Waals surface area contributed by atoms with E-state index in [4.69, 9.17) is 16.3 Å². The zero-order chi connectivity index (χ0) is 13.5. The average Bonchev–Trinajstić information content (AvgIpc) is 2.37. The highest BCUT2D eigenvalue weighted by molar-refractivity contribution is 6.34. The summed E-state index contributed by atoms with van der Waals surface area (Å²) in [7, 11) is 0. The van der Waals surface area contributed by atoms with Gasteiger partial charge in [-0.1, -0.05) is 17.7 Å². The molecule has 1 saturated heterocycles. The van der Waals surface area contributed by atoms with Crippen LogP contribution in [-0.2, 0) is 4.74 Å². The summed E-state index contributed by atoms with van der Waals surface area (Å²) in [5.41, 5.74) is -0.0680. The quantitative estimate of drug-likeness (QED) is 0.766. The third kappa shape index (κ3) is 2.30. The van der Waals surface area contributed by atoms with E-state index >= 15 is 0 Å². The van der Waals surface area contributed by atoms with Crippen molar-refractivity contribution in [3.8, 4) is 0 Å². The predicted molar refractivity (Wildman–Crippen MR) is 71.0 cm³/mol. The van der Waals surface area contributed by atoms with Crippen LogP contribution in [0.4, 0.5) is 4.39 Å². The minimum Gasteiger partial charge on any atom is -0.375 e. The molecule has 1 saturated carbocycles. The summed E-state index contributed by atoms with van der Waals surface area (Å²) in [5.74, 6) is -0.854. The molecule has 1 spiro atoms. The maximum absolute atomic E-state index is 13.8. The summed E-state index contributed by atoms with van der Waals surface area (Å²) >= 11 is 5.97. The standard InChI is InChI=1S/C15H16ClFO2/c16-11-3-1-4-12(17)13(11)14(18)10-5-8-19-15(9-10)6-2-7-15/h1,3-4,10H,2,5-9H2. The van der Waals surface area contributed by atoms with Crippen LogP contribution in [-0.4, -0.2) is 18.0 Å². The summed E-state index contributed by atoms with van der Waals surface area (Å²) < 4.78 is 19.6. The number of ether oxygens (including phenoxy) is 1. The van der Waals surface area contributed by atoms with E-state index in [0.717, 1.165) is 19.3 Å². The second-order valence-electron chi connectivity index (χ2n) is 5.54. The number of carbonyl (C=O) groups is 1. The first-order chi connectivity index (χ1) is 9.11. The average molecular weight is 283 g/mol. The molecule has 3 rings (SSSR count). The molecule has 2 aliphatic rings. The molecule has 0 bridgehead atoms. The molecule has 19 heavy (non-hydrogen) atoms. The van der Waals surface area contributed by atoms with E-state index in [1.165, 1.54) is 12.1 Å². The topological polar surface area (TPSA) is 26.3 Å². The molecule has 2 fully saturated rings. The maximum atomic E-state index is 13.8. The van der Waals surface area contributed by atoms with Gasteiger partial charge >= 0.3 is 0 Å². The number of rotatable bonds is 2. The zero-order valence-electron chi connectivity index (χ0n) is 10.6. The fourth-order valence-electron chi connectivity index (χ4n) is 3.11. The minimum absolute atomic E-state index is 0.0468. The van der Waals surface area contributed by atoms with Crippen LogP contribution in [0.1, 0.15) is 42.5 Å². The van der Waals surface area contributed by atoms with E-state index < -0.39 is 5.82 Å². The van der Waals surface area contributed by atoms with Crippen molar-refractivity contribution in [2.75, 3.05) is 6.61 Å². The molecule has 102 valence electrons. The Labute approximate surface area is 116 Å². The van der Waals surface area contributed by atoms with Crippen LogP contribution in [0.15, 0.2) is 18.2 Å². The van der Waals surface area contributed by atoms with E-state index in [2.05, 4.69) is 0 Å². The Kier molecular flexibility index (Phi) is 3.35. The van der Waals surface area contributed by atoms with Gasteiger partial charge in [0.2, 0.25) is 0 Å². The first-order valence-electron chi connectivity index (χ1n) is 6.73. The van der Waals surface area contributed by atoms with E-state index in [1.807, 2.05) is 0 Å². The van der Waals surface area contributed by atoms with Gasteiger partial charge in [-0.15, -0.1) is 0 Å². The van der Waals surface area contributed by atoms with Crippen molar-refractivity contribution in [1.82, 2.24) is 0 Å². The Bertz CT molecular complexity index is 491. The Balaban J connectivity index is 1.83. The molecular weight excluding hydrogens is 267 g/mol. The summed E-state index contributed by atoms with van der Waals surface area (Å²) in [6.45, 7) is 0.586. The molecule has 1 aliphatic carbocycles. The number of Topliss-reactive ketones (excluding diaryl/α,β-unsaturated/α-hetero) is 1. The lowest BCUT2D eigenvalue weighted by molar-refractivity contribution is -0.137. The smallest absolute Gasteiger partial charge is 0.170 e. The Morgan fingerprint density at radius 2 is 2.21 bits per heavy atom. The van der Waals surface area contributed by atoms with Crippen LogP contribution in [0.5, 0.6) is 0 Å². The van der Waals surface area contributed by atoms with Crippen molar-refractivity contribution in [2.24, 2.45) is 5.92 Å². The molecule has 2 nitrogen and oxygen atoms in total. The first kappa shape index (κ1) is 13.1. The van der Waals surface area contributed by atoms with Crippen LogP contribution in [0.25, 0.3) is 0 Å². The number of ketones is 1. The van der Waals surface area contributed by atoms with Crippen LogP contribution < -0.4 is 0 Å². The highest BCUT2D eigenvalue weighted by atomic mass is 35.5. The lowest BCUT2D eigenvalue weighted by Gasteiger charge is -2.46. The number of carbonyl (C=O) groups excluding carboxylic acids is 1. The normalized spacial score (nSPS) is 25.1. The second kappa shape index (κ2) is 4.88. The van der Waals surface area contributed by atoms with Gasteiger partial charge in [0.25, 0.3) is 0 Å². The highest BCUT2D eigenvalue weighted by Crippen LogP contribution is 2.45. The van der Waals surface area contributed by atoms with E-state index in [0.29, 0.717) is 19.4 Å². The van der Waals surface area contributed by atoms with Crippen molar-refractivity contribution in [2.45, 2.75) is 37.7 Å². The molecule has 0 radical (unpaired) electrons. The largest absolute Gasteiger partial charge is 0.375 e. The second-order valence-corrected chi connectivity index (χ2v) is 5.94. The molecule has 4 heteroatoms. The van der Waals surface area contributed by atoms with Gasteiger partial charge in [0.1, 0.15) is 5.82 Å². The van der Waals surface area contributed by atoms with Crippen LogP contribution in [0.2, 0.25) is 5.02 Å². The maximum Gasteiger partial charge on any atom is 0.170 e. The van der Waals surface area contributed by atoms with Gasteiger partial charge in [0.15, 0.2) is 5.78 Å². The number of halogens is 2. The van der Waals surface area contributed by atoms with Crippen LogP contribution in [0, 0.1) is 11.7 Å². The molecule has 1 aromatic carbocycles. The van der Waals surface area contributed by atoms with Gasteiger partial charge in [-0.2, -0.15) is 0 Å². The molecule has 0 amide bonds. The SMILES string of the molecule is O=C(c1c(F)cccc1Cl)C1CCOC2(CCC2)C1. The van der Waals surface area contributed by atoms with Crippen molar-refractivity contribution in [3.05, 3.63) is 34.6 Å². The summed E-state index contributed by atoms with van der Waals surface area (Å²) in [6.07, 6.45) is 4.55. The van der Waals surface area contributed by atoms with Crippen molar-refractivity contribution in [1.29, 1.82) is 0 Å². The van der Waals surface area contributed by atoms with Crippen LogP contribution in [0.3, 0.4) is 0 Å². The zero-order valence-corrected chi connectivity index (χ0v) is 11.4. The van der Waals surface area contributed by atoms with Crippen molar-refractivity contribution < 1.29 is 13.9 Å². The molecule has 1 aromatic rings. The molecule has 0 aromatic heterocycles. The predicted octanol–water partition coefficient (Wildman–Crippen LogP) is 4.01. The summed E-state index contributed by atoms with van der Waals surface area (Å²) in [5, 5.41) is 0.208. The summed E-state index contributed by atoms with van der Waals surface area (Å²) in [4.78, 5) is 12.5. The fraction of sp³-hybridized carbons (Fsp3) is 0.533. The van der Waals surface area contributed by atoms with E-state index in [1.54, 1.807) is 6.07 Å². The lowest BCUT2D eigenvalue weighted by atomic mass is 9.70. The van der Waals surface area contributed by atoms with Gasteiger partial charge in [-0.25, -0.2) is 4.39 Å². The third-order valence-corrected chi connectivity index (χ3v) is 4.65. The van der Waals surface area contributed by atoms with Gasteiger partial charge in [0.05, 0.1) is 16.2 Å². The third-order valence-electron chi connectivity index (χ3n) is 4.34. The highest BCUT2D eigenvalue weighted by Gasteiger charge is 2.44. The van der Waals surface area contributed by atoms with Gasteiger partial charge in [-0.3, -0.25) is 4.79 Å². The Hall–Kier alpha value is -0.930. The molecule has 0 N–H and O–H groups in total. The van der Waals surface area contributed by atoms with Gasteiger partial charge < -0.3 is 4.74 Å². The van der Waals surface area contributed by atoms with Crippen molar-refractivity contribution in [3.63, 3.8) is 0 Å². The molecule has 1 atom stereocenters. The molecule has 1 unspecified atom stereocenters. The van der Waals surface area contributed by atoms with E-state index in [9.17, 15) is 9.18 Å². The minimum atomic E-state index is -0.522. The van der Waals surface area contributed by atoms with Crippen LogP contribution >= 0.6 is 11.6 Å². The number of hydrogen-bond acceptors (Lipinski definition) is 2. The first-order valence-corrected chi connectivity index (χ1v) is 7.11. The molecule has 1 aliphatic heterocycles. The number of benzene rings is 1. The lowest BCUT2D eigenvalue weighted by Crippen LogP contribution is -2.47. The number of hydrogen-bond donors (Lipinski definition) is 0. The van der Waals surface area contributed by atoms with Gasteiger partial charge in [-0.05, 0) is 44.2 Å². The molecule has 1 heterocycles. The monoisotopic (exact) mass is 282 g/mol. The molecular formula is C15H16ClFO2.